The summed E-state index contributed by atoms with van der Waals surface area (Å²) in [4.78, 5) is 16.2. The van der Waals surface area contributed by atoms with E-state index in [-0.39, 0.29) is 10.9 Å². The molecule has 2 aliphatic heterocycles. The van der Waals surface area contributed by atoms with E-state index in [4.69, 9.17) is 4.74 Å². The zero-order chi connectivity index (χ0) is 17.2. The number of hydrogen-bond acceptors (Lipinski definition) is 4. The zero-order valence-electron chi connectivity index (χ0n) is 13.2. The Kier molecular flexibility index (Phi) is 5.43. The maximum Gasteiger partial charge on any atom is 0.320 e. The summed E-state index contributed by atoms with van der Waals surface area (Å²) in [6, 6.07) is 6.57. The molecule has 132 valence electrons. The molecule has 2 heterocycles. The van der Waals surface area contributed by atoms with Gasteiger partial charge >= 0.3 is 6.03 Å². The minimum absolute atomic E-state index is 0.0287. The summed E-state index contributed by atoms with van der Waals surface area (Å²) < 4.78 is 32.8. The van der Waals surface area contributed by atoms with Crippen LogP contribution in [-0.4, -0.2) is 81.0 Å². The summed E-state index contributed by atoms with van der Waals surface area (Å²) in [5.74, 6) is 0. The molecule has 9 heteroatoms. The molecule has 0 aromatic heterocycles. The second kappa shape index (κ2) is 7.38. The van der Waals surface area contributed by atoms with Crippen LogP contribution in [-0.2, 0) is 14.8 Å². The van der Waals surface area contributed by atoms with E-state index in [1.807, 2.05) is 0 Å². The number of nitrogens with zero attached hydrogens (tertiary/aromatic N) is 3. The maximum atomic E-state index is 12.7. The van der Waals surface area contributed by atoms with Crippen molar-refractivity contribution in [2.45, 2.75) is 4.90 Å². The summed E-state index contributed by atoms with van der Waals surface area (Å²) in [6.07, 6.45) is 0. The highest BCUT2D eigenvalue weighted by atomic mass is 79.9. The van der Waals surface area contributed by atoms with E-state index in [0.717, 1.165) is 4.47 Å². The lowest BCUT2D eigenvalue weighted by molar-refractivity contribution is 0.0405. The van der Waals surface area contributed by atoms with Gasteiger partial charge in [-0.1, -0.05) is 15.9 Å². The van der Waals surface area contributed by atoms with Crippen molar-refractivity contribution < 1.29 is 17.9 Å². The molecule has 2 saturated heterocycles. The molecule has 1 aromatic carbocycles. The summed E-state index contributed by atoms with van der Waals surface area (Å²) >= 11 is 3.30. The van der Waals surface area contributed by atoms with Gasteiger partial charge in [-0.15, -0.1) is 0 Å². The van der Waals surface area contributed by atoms with E-state index >= 15 is 0 Å². The second-order valence-electron chi connectivity index (χ2n) is 5.73. The van der Waals surface area contributed by atoms with E-state index in [0.29, 0.717) is 52.5 Å². The molecule has 0 saturated carbocycles. The van der Waals surface area contributed by atoms with Gasteiger partial charge in [0, 0.05) is 43.7 Å². The van der Waals surface area contributed by atoms with Crippen molar-refractivity contribution in [3.8, 4) is 0 Å². The summed E-state index contributed by atoms with van der Waals surface area (Å²) in [5, 5.41) is 0. The van der Waals surface area contributed by atoms with Crippen molar-refractivity contribution in [3.63, 3.8) is 0 Å². The Morgan fingerprint density at radius 3 is 2.04 bits per heavy atom. The molecule has 24 heavy (non-hydrogen) atoms. The number of carbonyl (C=O) groups excluding carboxylic acids is 1. The van der Waals surface area contributed by atoms with E-state index in [1.165, 1.54) is 4.31 Å². The zero-order valence-corrected chi connectivity index (χ0v) is 15.6. The smallest absolute Gasteiger partial charge is 0.320 e. The minimum Gasteiger partial charge on any atom is -0.378 e. The highest BCUT2D eigenvalue weighted by molar-refractivity contribution is 9.10. The van der Waals surface area contributed by atoms with Gasteiger partial charge in [0.2, 0.25) is 10.0 Å². The number of sulfonamides is 1. The molecule has 2 fully saturated rings. The molecule has 0 spiro atoms. The van der Waals surface area contributed by atoms with Crippen molar-refractivity contribution in [3.05, 3.63) is 28.7 Å². The lowest BCUT2D eigenvalue weighted by Gasteiger charge is -2.38. The van der Waals surface area contributed by atoms with Gasteiger partial charge in [-0.3, -0.25) is 0 Å². The van der Waals surface area contributed by atoms with Crippen LogP contribution in [0.1, 0.15) is 0 Å². The predicted molar refractivity (Wildman–Crippen MR) is 92.3 cm³/mol. The molecule has 0 atom stereocenters. The summed E-state index contributed by atoms with van der Waals surface area (Å²) in [5.41, 5.74) is 0. The summed E-state index contributed by atoms with van der Waals surface area (Å²) in [6.45, 7) is 3.75. The molecule has 0 N–H and O–H groups in total. The fraction of sp³-hybridized carbons (Fsp3) is 0.533. The van der Waals surface area contributed by atoms with Crippen LogP contribution in [0.5, 0.6) is 0 Å². The van der Waals surface area contributed by atoms with Gasteiger partial charge in [0.05, 0.1) is 18.1 Å². The number of piperazine rings is 1. The molecule has 2 aliphatic rings. The Bertz CT molecular complexity index is 681. The van der Waals surface area contributed by atoms with Gasteiger partial charge in [-0.05, 0) is 24.3 Å². The van der Waals surface area contributed by atoms with Crippen LogP contribution in [0.4, 0.5) is 4.79 Å². The number of amides is 2. The third-order valence-corrected chi connectivity index (χ3v) is 6.68. The third-order valence-electron chi connectivity index (χ3n) is 4.24. The van der Waals surface area contributed by atoms with Crippen LogP contribution in [0.2, 0.25) is 0 Å². The van der Waals surface area contributed by atoms with Crippen LogP contribution in [0.15, 0.2) is 33.6 Å². The Morgan fingerprint density at radius 2 is 1.46 bits per heavy atom. The molecule has 0 unspecified atom stereocenters. The van der Waals surface area contributed by atoms with Gasteiger partial charge < -0.3 is 14.5 Å². The molecule has 0 aliphatic carbocycles. The van der Waals surface area contributed by atoms with E-state index in [1.54, 1.807) is 34.1 Å². The molecule has 0 radical (unpaired) electrons. The Labute approximate surface area is 150 Å². The third kappa shape index (κ3) is 3.74. The highest BCUT2D eigenvalue weighted by Gasteiger charge is 2.31. The van der Waals surface area contributed by atoms with Crippen molar-refractivity contribution in [1.82, 2.24) is 14.1 Å². The molecule has 2 amide bonds. The fourth-order valence-electron chi connectivity index (χ4n) is 2.83. The number of benzene rings is 1. The molecule has 0 bridgehead atoms. The molecular weight excluding hydrogens is 398 g/mol. The normalized spacial score (nSPS) is 20.2. The number of urea groups is 1. The SMILES string of the molecule is O=C(N1CCOCC1)N1CCN(S(=O)(=O)c2ccc(Br)cc2)CC1. The maximum absolute atomic E-state index is 12.7. The van der Waals surface area contributed by atoms with Gasteiger partial charge in [0.25, 0.3) is 0 Å². The van der Waals surface area contributed by atoms with E-state index in [9.17, 15) is 13.2 Å². The summed E-state index contributed by atoms with van der Waals surface area (Å²) in [7, 11) is -3.51. The van der Waals surface area contributed by atoms with Crippen LogP contribution < -0.4 is 0 Å². The predicted octanol–water partition coefficient (Wildman–Crippen LogP) is 1.21. The molecule has 7 nitrogen and oxygen atoms in total. The topological polar surface area (TPSA) is 70.2 Å². The Morgan fingerprint density at radius 1 is 0.917 bits per heavy atom. The lowest BCUT2D eigenvalue weighted by atomic mass is 10.3. The first-order valence-corrected chi connectivity index (χ1v) is 10.1. The van der Waals surface area contributed by atoms with Crippen LogP contribution >= 0.6 is 15.9 Å². The number of ether oxygens (including phenoxy) is 1. The second-order valence-corrected chi connectivity index (χ2v) is 8.58. The molecule has 1 aromatic rings. The average molecular weight is 418 g/mol. The van der Waals surface area contributed by atoms with Crippen molar-refractivity contribution in [2.24, 2.45) is 0 Å². The quantitative estimate of drug-likeness (QED) is 0.724. The lowest BCUT2D eigenvalue weighted by Crippen LogP contribution is -2.55. The standard InChI is InChI=1S/C15H20BrN3O4S/c16-13-1-3-14(4-2-13)24(21,22)19-7-5-17(6-8-19)15(20)18-9-11-23-12-10-18/h1-4H,5-12H2. The minimum atomic E-state index is -3.51. The van der Waals surface area contributed by atoms with Crippen molar-refractivity contribution in [1.29, 1.82) is 0 Å². The number of carbonyl (C=O) groups is 1. The average Bonchev–Trinajstić information content (AvgIpc) is 2.62. The van der Waals surface area contributed by atoms with Gasteiger partial charge in [-0.25, -0.2) is 13.2 Å². The number of hydrogen-bond donors (Lipinski definition) is 0. The first-order chi connectivity index (χ1) is 11.5. The highest BCUT2D eigenvalue weighted by Crippen LogP contribution is 2.20. The fourth-order valence-corrected chi connectivity index (χ4v) is 4.52. The largest absolute Gasteiger partial charge is 0.378 e. The number of morpholine rings is 1. The van der Waals surface area contributed by atoms with Gasteiger partial charge in [-0.2, -0.15) is 4.31 Å². The van der Waals surface area contributed by atoms with Gasteiger partial charge in [0.1, 0.15) is 0 Å². The number of halogens is 1. The van der Waals surface area contributed by atoms with Gasteiger partial charge in [0.15, 0.2) is 0 Å². The van der Waals surface area contributed by atoms with Crippen LogP contribution in [0.3, 0.4) is 0 Å². The first-order valence-electron chi connectivity index (χ1n) is 7.86. The Hall–Kier alpha value is -1.16. The molecular formula is C15H20BrN3O4S. The monoisotopic (exact) mass is 417 g/mol. The van der Waals surface area contributed by atoms with Crippen molar-refractivity contribution >= 4 is 32.0 Å². The number of rotatable bonds is 2. The van der Waals surface area contributed by atoms with Crippen LogP contribution in [0.25, 0.3) is 0 Å². The van der Waals surface area contributed by atoms with Crippen molar-refractivity contribution in [2.75, 3.05) is 52.5 Å². The molecule has 3 rings (SSSR count). The van der Waals surface area contributed by atoms with Crippen LogP contribution in [0, 0.1) is 0 Å². The first kappa shape index (κ1) is 17.7. The van der Waals surface area contributed by atoms with E-state index in [2.05, 4.69) is 15.9 Å². The Balaban J connectivity index is 1.62. The van der Waals surface area contributed by atoms with E-state index < -0.39 is 10.0 Å².